The lowest BCUT2D eigenvalue weighted by atomic mass is 10.2. The lowest BCUT2D eigenvalue weighted by Gasteiger charge is -2.02. The van der Waals surface area contributed by atoms with Crippen molar-refractivity contribution < 1.29 is 9.21 Å². The first kappa shape index (κ1) is 14.8. The van der Waals surface area contributed by atoms with Crippen LogP contribution in [0, 0.1) is 13.8 Å². The maximum absolute atomic E-state index is 12.0. The van der Waals surface area contributed by atoms with Crippen LogP contribution >= 0.6 is 0 Å². The molecular formula is C17H16N4O2. The van der Waals surface area contributed by atoms with Crippen molar-refractivity contribution in [2.75, 3.05) is 0 Å². The highest BCUT2D eigenvalue weighted by Crippen LogP contribution is 2.13. The van der Waals surface area contributed by atoms with Crippen molar-refractivity contribution in [1.29, 1.82) is 0 Å². The quantitative estimate of drug-likeness (QED) is 0.595. The summed E-state index contributed by atoms with van der Waals surface area (Å²) >= 11 is 0. The lowest BCUT2D eigenvalue weighted by molar-refractivity contribution is 0.0953. The van der Waals surface area contributed by atoms with E-state index in [0.29, 0.717) is 17.1 Å². The van der Waals surface area contributed by atoms with Gasteiger partial charge in [0.15, 0.2) is 0 Å². The summed E-state index contributed by atoms with van der Waals surface area (Å²) in [7, 11) is 0. The number of hydrogen-bond donors (Lipinski definition) is 1. The molecule has 0 saturated carbocycles. The van der Waals surface area contributed by atoms with Gasteiger partial charge in [0.25, 0.3) is 5.91 Å². The van der Waals surface area contributed by atoms with E-state index >= 15 is 0 Å². The van der Waals surface area contributed by atoms with Crippen LogP contribution in [-0.2, 0) is 0 Å². The minimum atomic E-state index is -0.286. The highest BCUT2D eigenvalue weighted by Gasteiger charge is 2.12. The third-order valence-corrected chi connectivity index (χ3v) is 3.36. The third-order valence-electron chi connectivity index (χ3n) is 3.36. The zero-order valence-electron chi connectivity index (χ0n) is 12.9. The second-order valence-corrected chi connectivity index (χ2v) is 5.09. The van der Waals surface area contributed by atoms with Crippen LogP contribution in [0.2, 0.25) is 0 Å². The van der Waals surface area contributed by atoms with E-state index in [0.717, 1.165) is 11.3 Å². The normalized spacial score (nSPS) is 11.0. The maximum atomic E-state index is 12.0. The Morgan fingerprint density at radius 2 is 2.09 bits per heavy atom. The number of amides is 1. The largest absolute Gasteiger partial charge is 0.466 e. The smallest absolute Gasteiger partial charge is 0.274 e. The van der Waals surface area contributed by atoms with Crippen molar-refractivity contribution in [2.45, 2.75) is 13.8 Å². The minimum Gasteiger partial charge on any atom is -0.466 e. The number of aromatic nitrogens is 2. The van der Waals surface area contributed by atoms with Crippen LogP contribution in [0.5, 0.6) is 0 Å². The molecule has 0 aliphatic rings. The molecular weight excluding hydrogens is 292 g/mol. The summed E-state index contributed by atoms with van der Waals surface area (Å²) in [4.78, 5) is 16.0. The van der Waals surface area contributed by atoms with Gasteiger partial charge in [-0.05, 0) is 37.6 Å². The van der Waals surface area contributed by atoms with Crippen LogP contribution in [0.25, 0.3) is 5.69 Å². The molecule has 0 bridgehead atoms. The third kappa shape index (κ3) is 3.37. The average molecular weight is 308 g/mol. The predicted molar refractivity (Wildman–Crippen MR) is 86.8 cm³/mol. The Labute approximate surface area is 133 Å². The van der Waals surface area contributed by atoms with Gasteiger partial charge in [-0.3, -0.25) is 4.79 Å². The zero-order valence-corrected chi connectivity index (χ0v) is 12.9. The van der Waals surface area contributed by atoms with Crippen molar-refractivity contribution in [2.24, 2.45) is 5.10 Å². The van der Waals surface area contributed by atoms with E-state index in [2.05, 4.69) is 15.5 Å². The number of carbonyl (C=O) groups is 1. The average Bonchev–Trinajstić information content (AvgIpc) is 3.17. The van der Waals surface area contributed by atoms with Crippen molar-refractivity contribution in [3.63, 3.8) is 0 Å². The van der Waals surface area contributed by atoms with Crippen LogP contribution in [0.3, 0.4) is 0 Å². The molecule has 1 amide bonds. The monoisotopic (exact) mass is 308 g/mol. The second kappa shape index (κ2) is 6.31. The first-order chi connectivity index (χ1) is 11.1. The van der Waals surface area contributed by atoms with Crippen LogP contribution < -0.4 is 5.43 Å². The molecule has 3 rings (SSSR count). The number of furan rings is 1. The van der Waals surface area contributed by atoms with Crippen LogP contribution in [0.15, 0.2) is 58.6 Å². The summed E-state index contributed by atoms with van der Waals surface area (Å²) in [5.74, 6) is 0.997. The van der Waals surface area contributed by atoms with E-state index in [-0.39, 0.29) is 5.91 Å². The fourth-order valence-electron chi connectivity index (χ4n) is 2.23. The molecule has 116 valence electrons. The fourth-order valence-corrected chi connectivity index (χ4v) is 2.23. The molecule has 0 aliphatic carbocycles. The van der Waals surface area contributed by atoms with Crippen molar-refractivity contribution in [3.8, 4) is 5.69 Å². The molecule has 0 spiro atoms. The first-order valence-corrected chi connectivity index (χ1v) is 7.12. The zero-order chi connectivity index (χ0) is 16.2. The summed E-state index contributed by atoms with van der Waals surface area (Å²) in [6.45, 7) is 3.55. The number of nitrogens with one attached hydrogen (secondary N) is 1. The van der Waals surface area contributed by atoms with Gasteiger partial charge in [0.05, 0.1) is 18.1 Å². The Kier molecular flexibility index (Phi) is 4.05. The van der Waals surface area contributed by atoms with E-state index in [9.17, 15) is 4.79 Å². The summed E-state index contributed by atoms with van der Waals surface area (Å²) in [6.07, 6.45) is 6.93. The number of benzene rings is 1. The number of nitrogens with zero attached hydrogens (tertiary/aromatic N) is 3. The fraction of sp³-hybridized carbons (Fsp3) is 0.118. The van der Waals surface area contributed by atoms with Gasteiger partial charge in [-0.2, -0.15) is 5.10 Å². The molecule has 0 unspecified atom stereocenters. The van der Waals surface area contributed by atoms with Gasteiger partial charge in [0.2, 0.25) is 0 Å². The summed E-state index contributed by atoms with van der Waals surface area (Å²) in [5.41, 5.74) is 4.89. The van der Waals surface area contributed by atoms with E-state index < -0.39 is 0 Å². The van der Waals surface area contributed by atoms with Gasteiger partial charge in [-0.25, -0.2) is 10.4 Å². The highest BCUT2D eigenvalue weighted by atomic mass is 16.3. The number of hydrogen-bond acceptors (Lipinski definition) is 4. The number of imidazole rings is 1. The Morgan fingerprint density at radius 3 is 2.70 bits per heavy atom. The molecule has 6 nitrogen and oxygen atoms in total. The Bertz CT molecular complexity index is 830. The maximum Gasteiger partial charge on any atom is 0.274 e. The summed E-state index contributed by atoms with van der Waals surface area (Å²) in [6, 6.07) is 9.43. The first-order valence-electron chi connectivity index (χ1n) is 7.12. The van der Waals surface area contributed by atoms with Gasteiger partial charge < -0.3 is 8.98 Å². The van der Waals surface area contributed by atoms with Gasteiger partial charge >= 0.3 is 0 Å². The van der Waals surface area contributed by atoms with Gasteiger partial charge in [-0.1, -0.05) is 12.1 Å². The predicted octanol–water partition coefficient (Wildman–Crippen LogP) is 2.85. The molecule has 1 N–H and O–H groups in total. The van der Waals surface area contributed by atoms with Gasteiger partial charge in [-0.15, -0.1) is 0 Å². The molecule has 6 heteroatoms. The number of aryl methyl sites for hydroxylation is 2. The molecule has 0 radical (unpaired) electrons. The minimum absolute atomic E-state index is 0.286. The summed E-state index contributed by atoms with van der Waals surface area (Å²) in [5, 5.41) is 3.98. The highest BCUT2D eigenvalue weighted by molar-refractivity contribution is 5.95. The second-order valence-electron chi connectivity index (χ2n) is 5.09. The molecule has 0 fully saturated rings. The Hall–Kier alpha value is -3.15. The molecule has 3 aromatic rings. The summed E-state index contributed by atoms with van der Waals surface area (Å²) < 4.78 is 7.24. The SMILES string of the molecule is Cc1cc(C(=O)N/N=C/c2ccc(-n3ccnc3)cc2)c(C)o1. The van der Waals surface area contributed by atoms with Crippen LogP contribution in [-0.4, -0.2) is 21.7 Å². The van der Waals surface area contributed by atoms with E-state index in [1.54, 1.807) is 38.7 Å². The van der Waals surface area contributed by atoms with Crippen LogP contribution in [0.4, 0.5) is 0 Å². The molecule has 0 aliphatic heterocycles. The molecule has 1 aromatic carbocycles. The topological polar surface area (TPSA) is 72.4 Å². The molecule has 2 aromatic heterocycles. The number of rotatable bonds is 4. The molecule has 0 saturated heterocycles. The molecule has 0 atom stereocenters. The van der Waals surface area contributed by atoms with Crippen molar-refractivity contribution in [3.05, 3.63) is 71.7 Å². The van der Waals surface area contributed by atoms with Gasteiger partial charge in [0, 0.05) is 18.1 Å². The Morgan fingerprint density at radius 1 is 1.30 bits per heavy atom. The van der Waals surface area contributed by atoms with E-state index in [4.69, 9.17) is 4.42 Å². The number of carbonyl (C=O) groups excluding carboxylic acids is 1. The van der Waals surface area contributed by atoms with E-state index in [1.165, 1.54) is 0 Å². The molecule has 23 heavy (non-hydrogen) atoms. The van der Waals surface area contributed by atoms with Crippen molar-refractivity contribution >= 4 is 12.1 Å². The van der Waals surface area contributed by atoms with E-state index in [1.807, 2.05) is 35.0 Å². The number of hydrazone groups is 1. The molecule has 2 heterocycles. The Balaban J connectivity index is 1.64. The standard InChI is InChI=1S/C17H16N4O2/c1-12-9-16(13(2)23-12)17(22)20-19-10-14-3-5-15(6-4-14)21-8-7-18-11-21/h3-11H,1-2H3,(H,20,22)/b19-10+. The van der Waals surface area contributed by atoms with Crippen LogP contribution in [0.1, 0.15) is 27.4 Å². The van der Waals surface area contributed by atoms with Gasteiger partial charge in [0.1, 0.15) is 11.5 Å². The lowest BCUT2D eigenvalue weighted by Crippen LogP contribution is -2.17. The van der Waals surface area contributed by atoms with Crippen molar-refractivity contribution in [1.82, 2.24) is 15.0 Å².